The second-order valence-corrected chi connectivity index (χ2v) is 3.21. The molecule has 3 heteroatoms. The van der Waals surface area contributed by atoms with E-state index in [1.165, 1.54) is 0 Å². The van der Waals surface area contributed by atoms with Gasteiger partial charge >= 0.3 is 67.4 Å². The fourth-order valence-electron chi connectivity index (χ4n) is 1.00. The van der Waals surface area contributed by atoms with Gasteiger partial charge in [-0.05, 0) is 0 Å². The number of rotatable bonds is 0. The van der Waals surface area contributed by atoms with Crippen LogP contribution in [0, 0.1) is 0 Å². The van der Waals surface area contributed by atoms with Crippen LogP contribution < -0.4 is 0 Å². The Hall–Kier alpha value is -0.725. The van der Waals surface area contributed by atoms with Crippen LogP contribution in [0.1, 0.15) is 27.7 Å². The molecule has 0 aromatic carbocycles. The molecule has 0 aromatic rings. The first-order chi connectivity index (χ1) is 4.93. The maximum absolute atomic E-state index is 5.40. The molecule has 11 heavy (non-hydrogen) atoms. The van der Waals surface area contributed by atoms with Crippen molar-refractivity contribution in [2.45, 2.75) is 33.3 Å². The predicted molar refractivity (Wildman–Crippen MR) is 45.4 cm³/mol. The van der Waals surface area contributed by atoms with Crippen molar-refractivity contribution >= 4 is 13.3 Å². The molecule has 0 saturated carbocycles. The Balaban J connectivity index is 3.02. The van der Waals surface area contributed by atoms with Crippen LogP contribution in [0.2, 0.25) is 0 Å². The van der Waals surface area contributed by atoms with Gasteiger partial charge in [0.1, 0.15) is 0 Å². The molecule has 0 saturated heterocycles. The molecule has 0 aromatic heterocycles. The van der Waals surface area contributed by atoms with Crippen LogP contribution in [0.4, 0.5) is 0 Å². The van der Waals surface area contributed by atoms with Crippen LogP contribution in [0.5, 0.6) is 0 Å². The predicted octanol–water partition coefficient (Wildman–Crippen LogP) is 1.36. The molecular weight excluding hydrogens is 139 g/mol. The molecule has 0 N–H and O–H groups in total. The van der Waals surface area contributed by atoms with E-state index in [2.05, 4.69) is 0 Å². The average molecular weight is 151 g/mol. The Morgan fingerprint density at radius 2 is 1.82 bits per heavy atom. The summed E-state index contributed by atoms with van der Waals surface area (Å²) in [7, 11) is 5.40. The molecule has 0 atom stereocenters. The quantitative estimate of drug-likeness (QED) is 0.486. The van der Waals surface area contributed by atoms with Crippen molar-refractivity contribution in [2.24, 2.45) is 0 Å². The first kappa shape index (κ1) is 8.37. The Morgan fingerprint density at radius 3 is 2.27 bits per heavy atom. The third-order valence-corrected chi connectivity index (χ3v) is 2.04. The summed E-state index contributed by atoms with van der Waals surface area (Å²) in [6, 6.07) is 0. The second kappa shape index (κ2) is 2.40. The first-order valence-corrected chi connectivity index (χ1v) is 3.61. The van der Waals surface area contributed by atoms with Gasteiger partial charge in [0, 0.05) is 0 Å². The average Bonchev–Trinajstić information content (AvgIpc) is 1.81. The number of ether oxygens (including phenoxy) is 2. The summed E-state index contributed by atoms with van der Waals surface area (Å²) in [5, 5.41) is 0. The van der Waals surface area contributed by atoms with Crippen molar-refractivity contribution < 1.29 is 9.47 Å². The zero-order valence-corrected chi connectivity index (χ0v) is 7.39. The Morgan fingerprint density at radius 1 is 1.27 bits per heavy atom. The molecule has 0 unspecified atom stereocenters. The summed E-state index contributed by atoms with van der Waals surface area (Å²) in [5.74, 6) is 0.969. The van der Waals surface area contributed by atoms with E-state index in [9.17, 15) is 0 Å². The van der Waals surface area contributed by atoms with Crippen molar-refractivity contribution in [2.75, 3.05) is 0 Å². The Labute approximate surface area is 68.3 Å². The van der Waals surface area contributed by atoms with Crippen LogP contribution in [0.25, 0.3) is 0 Å². The molecular formula is C8H12BO2. The molecule has 1 aliphatic rings. The molecule has 0 spiro atoms. The number of hydrogen-bond donors (Lipinski definition) is 0. The van der Waals surface area contributed by atoms with Crippen LogP contribution in [0.15, 0.2) is 11.3 Å². The minimum atomic E-state index is -0.327. The zero-order valence-electron chi connectivity index (χ0n) is 7.39. The van der Waals surface area contributed by atoms with E-state index in [0.29, 0.717) is 0 Å². The summed E-state index contributed by atoms with van der Waals surface area (Å²) in [4.78, 5) is 0. The fourth-order valence-corrected chi connectivity index (χ4v) is 1.00. The van der Waals surface area contributed by atoms with E-state index in [1.807, 2.05) is 27.7 Å². The molecule has 2 nitrogen and oxygen atoms in total. The molecule has 0 fully saturated rings. The summed E-state index contributed by atoms with van der Waals surface area (Å²) >= 11 is 0. The van der Waals surface area contributed by atoms with Crippen molar-refractivity contribution in [3.63, 3.8) is 0 Å². The Bertz CT molecular complexity index is 228. The molecule has 0 bridgehead atoms. The van der Waals surface area contributed by atoms with Crippen LogP contribution in [-0.2, 0) is 9.47 Å². The summed E-state index contributed by atoms with van der Waals surface area (Å²) in [6.45, 7) is 7.77. The van der Waals surface area contributed by atoms with Crippen molar-refractivity contribution in [1.82, 2.24) is 0 Å². The van der Waals surface area contributed by atoms with E-state index < -0.39 is 0 Å². The van der Waals surface area contributed by atoms with Gasteiger partial charge in [-0.2, -0.15) is 0 Å². The molecule has 1 heterocycles. The molecule has 1 rings (SSSR count). The first-order valence-electron chi connectivity index (χ1n) is 3.61. The molecule has 0 amide bonds. The van der Waals surface area contributed by atoms with Gasteiger partial charge in [0.2, 0.25) is 0 Å². The van der Waals surface area contributed by atoms with Crippen molar-refractivity contribution in [3.05, 3.63) is 11.3 Å². The Kier molecular flexibility index (Phi) is 1.82. The van der Waals surface area contributed by atoms with Gasteiger partial charge in [-0.15, -0.1) is 0 Å². The molecule has 1 radical (unpaired) electrons. The van der Waals surface area contributed by atoms with Gasteiger partial charge in [-0.3, -0.25) is 0 Å². The third-order valence-electron chi connectivity index (χ3n) is 2.04. The van der Waals surface area contributed by atoms with E-state index in [-0.39, 0.29) is 11.4 Å². The van der Waals surface area contributed by atoms with E-state index >= 15 is 0 Å². The molecule has 0 aliphatic carbocycles. The zero-order chi connectivity index (χ0) is 8.65. The van der Waals surface area contributed by atoms with Crippen LogP contribution in [0.3, 0.4) is 0 Å². The van der Waals surface area contributed by atoms with Gasteiger partial charge < -0.3 is 0 Å². The van der Waals surface area contributed by atoms with E-state index in [4.69, 9.17) is 17.0 Å². The fraction of sp³-hybridized carbons (Fsp3) is 0.625. The van der Waals surface area contributed by atoms with Crippen molar-refractivity contribution in [3.8, 4) is 0 Å². The monoisotopic (exact) mass is 151 g/mol. The van der Waals surface area contributed by atoms with Gasteiger partial charge in [-0.1, -0.05) is 0 Å². The van der Waals surface area contributed by atoms with Gasteiger partial charge in [0.15, 0.2) is 0 Å². The summed E-state index contributed by atoms with van der Waals surface area (Å²) < 4.78 is 10.4. The van der Waals surface area contributed by atoms with Crippen LogP contribution >= 0.6 is 0 Å². The van der Waals surface area contributed by atoms with Gasteiger partial charge in [-0.25, -0.2) is 0 Å². The van der Waals surface area contributed by atoms with Crippen LogP contribution in [-0.4, -0.2) is 18.9 Å². The second-order valence-electron chi connectivity index (χ2n) is 3.21. The molecule has 59 valence electrons. The van der Waals surface area contributed by atoms with E-state index in [0.717, 1.165) is 11.3 Å². The third kappa shape index (κ3) is 1.47. The topological polar surface area (TPSA) is 18.5 Å². The van der Waals surface area contributed by atoms with Crippen molar-refractivity contribution in [1.29, 1.82) is 0 Å². The normalized spacial score (nSPS) is 22.6. The van der Waals surface area contributed by atoms with E-state index in [1.54, 1.807) is 0 Å². The molecule has 1 aliphatic heterocycles. The number of hydrogen-bond acceptors (Lipinski definition) is 2. The summed E-state index contributed by atoms with van der Waals surface area (Å²) in [6.07, 6.45) is 0. The maximum atomic E-state index is 5.40. The van der Waals surface area contributed by atoms with Gasteiger partial charge in [0.05, 0.1) is 0 Å². The summed E-state index contributed by atoms with van der Waals surface area (Å²) in [5.41, 5.74) is 0.749. The SMILES string of the molecule is [B]=C1OC(C)=C(C)C(C)(C)O1. The number of allylic oxidation sites excluding steroid dienone is 1. The minimum absolute atomic E-state index is 0.137. The standard InChI is InChI=1S/C8H12BO2/c1-5-6(2)10-7(9)11-8(5,3)4/h1-4H3. The van der Waals surface area contributed by atoms with Gasteiger partial charge in [0.25, 0.3) is 0 Å².